The van der Waals surface area contributed by atoms with Crippen LogP contribution in [0, 0.1) is 5.92 Å². The highest BCUT2D eigenvalue weighted by molar-refractivity contribution is 5.76. The van der Waals surface area contributed by atoms with Gasteiger partial charge in [-0.15, -0.1) is 0 Å². The first-order chi connectivity index (χ1) is 7.74. The lowest BCUT2D eigenvalue weighted by Crippen LogP contribution is -2.31. The molecule has 2 rings (SSSR count). The SMILES string of the molecule is CN1CCC(CNCCC(=O)NC2CC2)C1. The van der Waals surface area contributed by atoms with Crippen molar-refractivity contribution in [3.63, 3.8) is 0 Å². The maximum Gasteiger partial charge on any atom is 0.221 e. The van der Waals surface area contributed by atoms with Gasteiger partial charge in [0, 0.05) is 25.6 Å². The maximum atomic E-state index is 11.4. The number of nitrogens with one attached hydrogen (secondary N) is 2. The molecule has 1 unspecified atom stereocenters. The number of carbonyl (C=O) groups excluding carboxylic acids is 1. The van der Waals surface area contributed by atoms with Gasteiger partial charge in [0.1, 0.15) is 0 Å². The van der Waals surface area contributed by atoms with Crippen molar-refractivity contribution in [3.05, 3.63) is 0 Å². The van der Waals surface area contributed by atoms with Crippen LogP contribution in [-0.2, 0) is 4.79 Å². The van der Waals surface area contributed by atoms with Gasteiger partial charge < -0.3 is 15.5 Å². The number of likely N-dealkylation sites (tertiary alicyclic amines) is 1. The first-order valence-corrected chi connectivity index (χ1v) is 6.42. The van der Waals surface area contributed by atoms with E-state index in [1.165, 1.54) is 32.4 Å². The van der Waals surface area contributed by atoms with Crippen LogP contribution in [-0.4, -0.2) is 50.1 Å². The number of nitrogens with zero attached hydrogens (tertiary/aromatic N) is 1. The number of carbonyl (C=O) groups is 1. The predicted molar refractivity (Wildman–Crippen MR) is 64.3 cm³/mol. The summed E-state index contributed by atoms with van der Waals surface area (Å²) < 4.78 is 0. The number of hydrogen-bond acceptors (Lipinski definition) is 3. The van der Waals surface area contributed by atoms with Crippen molar-refractivity contribution in [2.75, 3.05) is 33.2 Å². The van der Waals surface area contributed by atoms with E-state index in [0.29, 0.717) is 12.5 Å². The minimum absolute atomic E-state index is 0.207. The highest BCUT2D eigenvalue weighted by Gasteiger charge is 2.23. The van der Waals surface area contributed by atoms with Crippen molar-refractivity contribution in [3.8, 4) is 0 Å². The Balaban J connectivity index is 1.46. The minimum Gasteiger partial charge on any atom is -0.353 e. The average molecular weight is 225 g/mol. The molecule has 1 aliphatic heterocycles. The molecule has 2 N–H and O–H groups in total. The van der Waals surface area contributed by atoms with Gasteiger partial charge in [-0.1, -0.05) is 0 Å². The van der Waals surface area contributed by atoms with E-state index in [0.717, 1.165) is 19.0 Å². The summed E-state index contributed by atoms with van der Waals surface area (Å²) in [6.45, 7) is 4.29. The Morgan fingerprint density at radius 2 is 2.19 bits per heavy atom. The molecular formula is C12H23N3O. The zero-order valence-electron chi connectivity index (χ0n) is 10.2. The van der Waals surface area contributed by atoms with Crippen LogP contribution in [0.3, 0.4) is 0 Å². The second kappa shape index (κ2) is 5.64. The Bertz CT molecular complexity index is 240. The van der Waals surface area contributed by atoms with E-state index < -0.39 is 0 Å². The molecule has 0 spiro atoms. The molecule has 2 aliphatic rings. The van der Waals surface area contributed by atoms with Gasteiger partial charge >= 0.3 is 0 Å². The van der Waals surface area contributed by atoms with Crippen molar-refractivity contribution in [1.82, 2.24) is 15.5 Å². The molecule has 1 saturated carbocycles. The van der Waals surface area contributed by atoms with Crippen molar-refractivity contribution in [2.24, 2.45) is 5.92 Å². The minimum atomic E-state index is 0.207. The van der Waals surface area contributed by atoms with Crippen molar-refractivity contribution in [1.29, 1.82) is 0 Å². The quantitative estimate of drug-likeness (QED) is 0.635. The highest BCUT2D eigenvalue weighted by Crippen LogP contribution is 2.18. The predicted octanol–water partition coefficient (Wildman–Crippen LogP) is 0.196. The molecule has 1 amide bonds. The van der Waals surface area contributed by atoms with Crippen LogP contribution in [0.2, 0.25) is 0 Å². The van der Waals surface area contributed by atoms with Crippen LogP contribution in [0.25, 0.3) is 0 Å². The molecule has 0 aromatic heterocycles. The summed E-state index contributed by atoms with van der Waals surface area (Å²) in [6.07, 6.45) is 4.26. The van der Waals surface area contributed by atoms with Gasteiger partial charge in [-0.3, -0.25) is 4.79 Å². The van der Waals surface area contributed by atoms with Crippen molar-refractivity contribution < 1.29 is 4.79 Å². The van der Waals surface area contributed by atoms with E-state index in [2.05, 4.69) is 22.6 Å². The topological polar surface area (TPSA) is 44.4 Å². The molecule has 4 nitrogen and oxygen atoms in total. The lowest BCUT2D eigenvalue weighted by Gasteiger charge is -2.11. The number of hydrogen-bond donors (Lipinski definition) is 2. The van der Waals surface area contributed by atoms with E-state index in [-0.39, 0.29) is 5.91 Å². The summed E-state index contributed by atoms with van der Waals surface area (Å²) in [5.41, 5.74) is 0. The molecule has 0 radical (unpaired) electrons. The third-order valence-corrected chi connectivity index (χ3v) is 3.39. The van der Waals surface area contributed by atoms with Crippen LogP contribution in [0.4, 0.5) is 0 Å². The fraction of sp³-hybridized carbons (Fsp3) is 0.917. The maximum absolute atomic E-state index is 11.4. The second-order valence-electron chi connectivity index (χ2n) is 5.21. The van der Waals surface area contributed by atoms with Gasteiger partial charge in [0.25, 0.3) is 0 Å². The van der Waals surface area contributed by atoms with Gasteiger partial charge in [-0.05, 0) is 45.3 Å². The molecule has 0 aromatic rings. The van der Waals surface area contributed by atoms with E-state index in [9.17, 15) is 4.79 Å². The summed E-state index contributed by atoms with van der Waals surface area (Å²) in [7, 11) is 2.17. The monoisotopic (exact) mass is 225 g/mol. The van der Waals surface area contributed by atoms with Gasteiger partial charge in [-0.2, -0.15) is 0 Å². The molecule has 1 heterocycles. The molecule has 92 valence electrons. The van der Waals surface area contributed by atoms with Crippen molar-refractivity contribution in [2.45, 2.75) is 31.7 Å². The molecule has 1 atom stereocenters. The standard InChI is InChI=1S/C12H23N3O/c1-15-7-5-10(9-15)8-13-6-4-12(16)14-11-2-3-11/h10-11,13H,2-9H2,1H3,(H,14,16). The van der Waals surface area contributed by atoms with Gasteiger partial charge in [-0.25, -0.2) is 0 Å². The molecule has 1 aliphatic carbocycles. The Labute approximate surface area is 97.8 Å². The zero-order valence-corrected chi connectivity index (χ0v) is 10.2. The van der Waals surface area contributed by atoms with Gasteiger partial charge in [0.05, 0.1) is 0 Å². The Kier molecular flexibility index (Phi) is 4.18. The lowest BCUT2D eigenvalue weighted by atomic mass is 10.1. The van der Waals surface area contributed by atoms with Crippen molar-refractivity contribution >= 4 is 5.91 Å². The van der Waals surface area contributed by atoms with E-state index >= 15 is 0 Å². The first-order valence-electron chi connectivity index (χ1n) is 6.42. The summed E-state index contributed by atoms with van der Waals surface area (Å²) >= 11 is 0. The summed E-state index contributed by atoms with van der Waals surface area (Å²) in [6, 6.07) is 0.496. The molecular weight excluding hydrogens is 202 g/mol. The Hall–Kier alpha value is -0.610. The molecule has 2 fully saturated rings. The number of rotatable bonds is 6. The normalized spacial score (nSPS) is 25.9. The zero-order chi connectivity index (χ0) is 11.4. The third-order valence-electron chi connectivity index (χ3n) is 3.39. The van der Waals surface area contributed by atoms with E-state index in [4.69, 9.17) is 0 Å². The van der Waals surface area contributed by atoms with E-state index in [1.807, 2.05) is 0 Å². The third kappa shape index (κ3) is 4.10. The Morgan fingerprint density at radius 3 is 2.81 bits per heavy atom. The molecule has 0 bridgehead atoms. The first kappa shape index (κ1) is 11.9. The van der Waals surface area contributed by atoms with Crippen LogP contribution in [0.1, 0.15) is 25.7 Å². The fourth-order valence-corrected chi connectivity index (χ4v) is 2.23. The van der Waals surface area contributed by atoms with Crippen LogP contribution >= 0.6 is 0 Å². The largest absolute Gasteiger partial charge is 0.353 e. The lowest BCUT2D eigenvalue weighted by molar-refractivity contribution is -0.121. The summed E-state index contributed by atoms with van der Waals surface area (Å²) in [5, 5.41) is 6.39. The van der Waals surface area contributed by atoms with E-state index in [1.54, 1.807) is 0 Å². The second-order valence-corrected chi connectivity index (χ2v) is 5.21. The molecule has 0 aromatic carbocycles. The number of amides is 1. The van der Waals surface area contributed by atoms with Crippen LogP contribution < -0.4 is 10.6 Å². The summed E-state index contributed by atoms with van der Waals surface area (Å²) in [5.74, 6) is 0.982. The molecule has 1 saturated heterocycles. The fourth-order valence-electron chi connectivity index (χ4n) is 2.23. The van der Waals surface area contributed by atoms with Gasteiger partial charge in [0.15, 0.2) is 0 Å². The van der Waals surface area contributed by atoms with Gasteiger partial charge in [0.2, 0.25) is 5.91 Å². The Morgan fingerprint density at radius 1 is 1.38 bits per heavy atom. The smallest absolute Gasteiger partial charge is 0.221 e. The molecule has 4 heteroatoms. The van der Waals surface area contributed by atoms with Crippen LogP contribution in [0.15, 0.2) is 0 Å². The molecule has 16 heavy (non-hydrogen) atoms. The van der Waals surface area contributed by atoms with Crippen LogP contribution in [0.5, 0.6) is 0 Å². The summed E-state index contributed by atoms with van der Waals surface area (Å²) in [4.78, 5) is 13.7. The average Bonchev–Trinajstić information content (AvgIpc) is 2.95. The highest BCUT2D eigenvalue weighted by atomic mass is 16.1.